The van der Waals surface area contributed by atoms with Crippen molar-refractivity contribution >= 4 is 23.2 Å². The first kappa shape index (κ1) is 22.2. The standard InChI is InChI=1S/C22H29N3O4/c1-14-11-20(28-5)21(29-6)12-17(14)13-25(4)15(2)22(27)24-19-9-7-18(8-10-19)23-16(3)26/h7-12,15H,13H2,1-6H3,(H,23,26)(H,24,27)/t15-/m0/s1. The molecule has 0 radical (unpaired) electrons. The third kappa shape index (κ3) is 5.96. The van der Waals surface area contributed by atoms with Crippen LogP contribution in [0.4, 0.5) is 11.4 Å². The zero-order chi connectivity index (χ0) is 21.6. The van der Waals surface area contributed by atoms with Crippen molar-refractivity contribution in [2.45, 2.75) is 33.4 Å². The fourth-order valence-corrected chi connectivity index (χ4v) is 2.89. The van der Waals surface area contributed by atoms with Crippen molar-refractivity contribution in [1.82, 2.24) is 4.90 Å². The van der Waals surface area contributed by atoms with Gasteiger partial charge in [0.05, 0.1) is 20.3 Å². The molecule has 1 atom stereocenters. The summed E-state index contributed by atoms with van der Waals surface area (Å²) in [6.45, 7) is 5.90. The first-order chi connectivity index (χ1) is 13.7. The van der Waals surface area contributed by atoms with Gasteiger partial charge in [-0.15, -0.1) is 0 Å². The van der Waals surface area contributed by atoms with Gasteiger partial charge in [0.15, 0.2) is 11.5 Å². The van der Waals surface area contributed by atoms with Crippen LogP contribution in [0.2, 0.25) is 0 Å². The number of hydrogen-bond donors (Lipinski definition) is 2. The van der Waals surface area contributed by atoms with Gasteiger partial charge in [0.25, 0.3) is 0 Å². The summed E-state index contributed by atoms with van der Waals surface area (Å²) in [7, 11) is 5.12. The smallest absolute Gasteiger partial charge is 0.241 e. The molecule has 7 heteroatoms. The minimum absolute atomic E-state index is 0.113. The van der Waals surface area contributed by atoms with E-state index >= 15 is 0 Å². The molecule has 0 unspecified atom stereocenters. The van der Waals surface area contributed by atoms with Gasteiger partial charge in [0.2, 0.25) is 11.8 Å². The van der Waals surface area contributed by atoms with Crippen molar-refractivity contribution in [3.63, 3.8) is 0 Å². The van der Waals surface area contributed by atoms with Crippen LogP contribution >= 0.6 is 0 Å². The van der Waals surface area contributed by atoms with Crippen molar-refractivity contribution in [1.29, 1.82) is 0 Å². The highest BCUT2D eigenvalue weighted by molar-refractivity contribution is 5.95. The molecule has 2 aromatic rings. The second kappa shape index (κ2) is 9.93. The average Bonchev–Trinajstić information content (AvgIpc) is 2.69. The van der Waals surface area contributed by atoms with Crippen molar-refractivity contribution in [3.8, 4) is 11.5 Å². The second-order valence-corrected chi connectivity index (χ2v) is 6.97. The number of nitrogens with zero attached hydrogens (tertiary/aromatic N) is 1. The maximum absolute atomic E-state index is 12.6. The predicted molar refractivity (Wildman–Crippen MR) is 115 cm³/mol. The number of benzene rings is 2. The van der Waals surface area contributed by atoms with Crippen LogP contribution in [0.25, 0.3) is 0 Å². The average molecular weight is 399 g/mol. The normalized spacial score (nSPS) is 11.7. The number of amides is 2. The summed E-state index contributed by atoms with van der Waals surface area (Å²) in [6, 6.07) is 10.5. The van der Waals surface area contributed by atoms with Crippen molar-refractivity contribution in [2.24, 2.45) is 0 Å². The predicted octanol–water partition coefficient (Wildman–Crippen LogP) is 3.43. The maximum atomic E-state index is 12.6. The van der Waals surface area contributed by atoms with Gasteiger partial charge < -0.3 is 20.1 Å². The summed E-state index contributed by atoms with van der Waals surface area (Å²) in [5.41, 5.74) is 3.48. The van der Waals surface area contributed by atoms with Crippen LogP contribution in [-0.2, 0) is 16.1 Å². The Kier molecular flexibility index (Phi) is 7.61. The molecule has 0 heterocycles. The fraction of sp³-hybridized carbons (Fsp3) is 0.364. The summed E-state index contributed by atoms with van der Waals surface area (Å²) >= 11 is 0. The van der Waals surface area contributed by atoms with E-state index in [2.05, 4.69) is 10.6 Å². The van der Waals surface area contributed by atoms with E-state index < -0.39 is 0 Å². The molecule has 0 fully saturated rings. The summed E-state index contributed by atoms with van der Waals surface area (Å²) < 4.78 is 10.7. The first-order valence-corrected chi connectivity index (χ1v) is 9.35. The number of anilines is 2. The maximum Gasteiger partial charge on any atom is 0.241 e. The van der Waals surface area contributed by atoms with E-state index in [-0.39, 0.29) is 17.9 Å². The highest BCUT2D eigenvalue weighted by Gasteiger charge is 2.20. The number of hydrogen-bond acceptors (Lipinski definition) is 5. The minimum atomic E-state index is -0.350. The Morgan fingerprint density at radius 2 is 1.52 bits per heavy atom. The lowest BCUT2D eigenvalue weighted by molar-refractivity contribution is -0.120. The molecule has 7 nitrogen and oxygen atoms in total. The Morgan fingerprint density at radius 1 is 1.00 bits per heavy atom. The molecule has 2 aromatic carbocycles. The van der Waals surface area contributed by atoms with Crippen molar-refractivity contribution in [2.75, 3.05) is 31.9 Å². The largest absolute Gasteiger partial charge is 0.493 e. The number of rotatable bonds is 8. The molecular weight excluding hydrogens is 370 g/mol. The lowest BCUT2D eigenvalue weighted by Crippen LogP contribution is -2.39. The van der Waals surface area contributed by atoms with Gasteiger partial charge in [0, 0.05) is 24.8 Å². The topological polar surface area (TPSA) is 79.9 Å². The molecule has 2 amide bonds. The molecule has 0 aliphatic carbocycles. The van der Waals surface area contributed by atoms with E-state index in [0.717, 1.165) is 11.1 Å². The van der Waals surface area contributed by atoms with Gasteiger partial charge >= 0.3 is 0 Å². The molecule has 0 saturated heterocycles. The minimum Gasteiger partial charge on any atom is -0.493 e. The number of carbonyl (C=O) groups excluding carboxylic acids is 2. The van der Waals surface area contributed by atoms with Gasteiger partial charge in [-0.3, -0.25) is 14.5 Å². The van der Waals surface area contributed by atoms with Gasteiger partial charge in [0.1, 0.15) is 0 Å². The lowest BCUT2D eigenvalue weighted by atomic mass is 10.1. The van der Waals surface area contributed by atoms with E-state index in [4.69, 9.17) is 9.47 Å². The molecule has 2 N–H and O–H groups in total. The molecule has 0 spiro atoms. The number of methoxy groups -OCH3 is 2. The Labute approximate surface area is 172 Å². The molecule has 0 aromatic heterocycles. The zero-order valence-corrected chi connectivity index (χ0v) is 17.8. The SMILES string of the molecule is COc1cc(C)c(CN(C)[C@@H](C)C(=O)Nc2ccc(NC(C)=O)cc2)cc1OC. The van der Waals surface area contributed by atoms with Crippen LogP contribution in [-0.4, -0.2) is 44.0 Å². The quantitative estimate of drug-likeness (QED) is 0.711. The second-order valence-electron chi connectivity index (χ2n) is 6.97. The van der Waals surface area contributed by atoms with E-state index in [9.17, 15) is 9.59 Å². The van der Waals surface area contributed by atoms with Crippen LogP contribution in [0.3, 0.4) is 0 Å². The van der Waals surface area contributed by atoms with E-state index in [1.165, 1.54) is 6.92 Å². The van der Waals surface area contributed by atoms with Crippen molar-refractivity contribution < 1.29 is 19.1 Å². The molecular formula is C22H29N3O4. The number of nitrogens with one attached hydrogen (secondary N) is 2. The third-order valence-corrected chi connectivity index (χ3v) is 4.78. The highest BCUT2D eigenvalue weighted by Crippen LogP contribution is 2.31. The van der Waals surface area contributed by atoms with Crippen LogP contribution < -0.4 is 20.1 Å². The van der Waals surface area contributed by atoms with Crippen LogP contribution in [0.5, 0.6) is 11.5 Å². The number of likely N-dealkylation sites (N-methyl/N-ethyl adjacent to an activating group) is 1. The lowest BCUT2D eigenvalue weighted by Gasteiger charge is -2.25. The Bertz CT molecular complexity index is 865. The summed E-state index contributed by atoms with van der Waals surface area (Å²) in [5.74, 6) is 1.10. The number of ether oxygens (including phenoxy) is 2. The highest BCUT2D eigenvalue weighted by atomic mass is 16.5. The Balaban J connectivity index is 2.03. The molecule has 156 valence electrons. The summed E-state index contributed by atoms with van der Waals surface area (Å²) in [6.07, 6.45) is 0. The molecule has 0 aliphatic heterocycles. The molecule has 2 rings (SSSR count). The monoisotopic (exact) mass is 399 g/mol. The fourth-order valence-electron chi connectivity index (χ4n) is 2.89. The number of aryl methyl sites for hydroxylation is 1. The molecule has 0 aliphatic rings. The molecule has 29 heavy (non-hydrogen) atoms. The van der Waals surface area contributed by atoms with Crippen molar-refractivity contribution in [3.05, 3.63) is 47.5 Å². The van der Waals surface area contributed by atoms with Gasteiger partial charge in [-0.25, -0.2) is 0 Å². The van der Waals surface area contributed by atoms with Gasteiger partial charge in [-0.2, -0.15) is 0 Å². The Morgan fingerprint density at radius 3 is 2.03 bits per heavy atom. The first-order valence-electron chi connectivity index (χ1n) is 9.35. The van der Waals surface area contributed by atoms with Crippen LogP contribution in [0, 0.1) is 6.92 Å². The molecule has 0 saturated carbocycles. The van der Waals surface area contributed by atoms with E-state index in [1.54, 1.807) is 38.5 Å². The van der Waals surface area contributed by atoms with Gasteiger partial charge in [-0.05, 0) is 68.4 Å². The Hall–Kier alpha value is -3.06. The van der Waals surface area contributed by atoms with Gasteiger partial charge in [-0.1, -0.05) is 0 Å². The summed E-state index contributed by atoms with van der Waals surface area (Å²) in [4.78, 5) is 25.7. The summed E-state index contributed by atoms with van der Waals surface area (Å²) in [5, 5.41) is 5.60. The third-order valence-electron chi connectivity index (χ3n) is 4.78. The number of carbonyl (C=O) groups is 2. The van der Waals surface area contributed by atoms with E-state index in [1.807, 2.05) is 37.9 Å². The zero-order valence-electron chi connectivity index (χ0n) is 17.8. The van der Waals surface area contributed by atoms with E-state index in [0.29, 0.717) is 29.4 Å². The van der Waals surface area contributed by atoms with Crippen LogP contribution in [0.15, 0.2) is 36.4 Å². The van der Waals surface area contributed by atoms with Crippen LogP contribution in [0.1, 0.15) is 25.0 Å². The molecule has 0 bridgehead atoms.